The second-order valence-corrected chi connectivity index (χ2v) is 8.43. The van der Waals surface area contributed by atoms with Crippen molar-refractivity contribution < 1.29 is 19.1 Å². The maximum atomic E-state index is 13.6. The number of aromatic nitrogens is 1. The molecule has 0 atom stereocenters. The Bertz CT molecular complexity index is 1370. The smallest absolute Gasteiger partial charge is 0.340 e. The Morgan fingerprint density at radius 3 is 2.35 bits per heavy atom. The Hall–Kier alpha value is -3.77. The van der Waals surface area contributed by atoms with Crippen molar-refractivity contribution in [2.45, 2.75) is 20.8 Å². The van der Waals surface area contributed by atoms with Gasteiger partial charge in [-0.3, -0.25) is 9.69 Å². The van der Waals surface area contributed by atoms with Crippen molar-refractivity contribution in [3.63, 3.8) is 0 Å². The van der Waals surface area contributed by atoms with Gasteiger partial charge in [0.1, 0.15) is 5.75 Å². The van der Waals surface area contributed by atoms with Crippen LogP contribution < -0.4 is 9.64 Å². The van der Waals surface area contributed by atoms with Crippen LogP contribution >= 0.6 is 11.6 Å². The minimum absolute atomic E-state index is 0.239. The van der Waals surface area contributed by atoms with Crippen LogP contribution in [0.2, 0.25) is 5.02 Å². The highest BCUT2D eigenvalue weighted by atomic mass is 35.5. The van der Waals surface area contributed by atoms with E-state index >= 15 is 0 Å². The number of nitrogens with zero attached hydrogens (tertiary/aromatic N) is 2. The van der Waals surface area contributed by atoms with Crippen LogP contribution in [0, 0.1) is 13.8 Å². The van der Waals surface area contributed by atoms with Gasteiger partial charge >= 0.3 is 5.97 Å². The zero-order valence-corrected chi connectivity index (χ0v) is 20.4. The second-order valence-electron chi connectivity index (χ2n) is 7.99. The molecule has 1 aliphatic rings. The Morgan fingerprint density at radius 1 is 0.971 bits per heavy atom. The Kier molecular flexibility index (Phi) is 6.35. The Morgan fingerprint density at radius 2 is 1.68 bits per heavy atom. The summed E-state index contributed by atoms with van der Waals surface area (Å²) in [6, 6.07) is 16.7. The highest BCUT2D eigenvalue weighted by Gasteiger charge is 2.38. The van der Waals surface area contributed by atoms with Crippen molar-refractivity contribution in [2.75, 3.05) is 19.1 Å². The molecule has 0 saturated carbocycles. The summed E-state index contributed by atoms with van der Waals surface area (Å²) in [5.74, 6) is -0.259. The van der Waals surface area contributed by atoms with E-state index in [2.05, 4.69) is 4.57 Å². The molecule has 0 bridgehead atoms. The molecule has 0 fully saturated rings. The van der Waals surface area contributed by atoms with Crippen LogP contribution in [0.1, 0.15) is 23.9 Å². The molecule has 7 heteroatoms. The number of amides is 1. The van der Waals surface area contributed by atoms with Gasteiger partial charge in [-0.2, -0.15) is 0 Å². The number of anilines is 1. The SMILES string of the molecule is COC(=O)C1=C(C)N(c2cccc(OC)c2)C(=O)/C1=C\c1cc(C)n(-c2cccc(Cl)c2)c1C. The van der Waals surface area contributed by atoms with E-state index in [4.69, 9.17) is 21.1 Å². The first kappa shape index (κ1) is 23.4. The molecule has 0 N–H and O–H groups in total. The van der Waals surface area contributed by atoms with Crippen LogP contribution in [0.15, 0.2) is 71.4 Å². The van der Waals surface area contributed by atoms with E-state index < -0.39 is 5.97 Å². The van der Waals surface area contributed by atoms with Gasteiger partial charge in [-0.05, 0) is 68.8 Å². The highest BCUT2D eigenvalue weighted by Crippen LogP contribution is 2.37. The van der Waals surface area contributed by atoms with Gasteiger partial charge in [0, 0.05) is 33.9 Å². The molecule has 174 valence electrons. The average molecular weight is 477 g/mol. The number of methoxy groups -OCH3 is 2. The molecule has 1 aromatic heterocycles. The molecule has 1 amide bonds. The van der Waals surface area contributed by atoms with Gasteiger partial charge in [-0.15, -0.1) is 0 Å². The van der Waals surface area contributed by atoms with Gasteiger partial charge in [-0.25, -0.2) is 4.79 Å². The predicted molar refractivity (Wildman–Crippen MR) is 133 cm³/mol. The number of allylic oxidation sites excluding steroid dienone is 1. The molecular formula is C27H25ClN2O4. The summed E-state index contributed by atoms with van der Waals surface area (Å²) in [5.41, 5.74) is 5.26. The fraction of sp³-hybridized carbons (Fsp3) is 0.185. The van der Waals surface area contributed by atoms with Crippen molar-refractivity contribution in [1.82, 2.24) is 4.57 Å². The summed E-state index contributed by atoms with van der Waals surface area (Å²) in [6.07, 6.45) is 1.75. The first-order chi connectivity index (χ1) is 16.3. The minimum Gasteiger partial charge on any atom is -0.497 e. The molecule has 6 nitrogen and oxygen atoms in total. The lowest BCUT2D eigenvalue weighted by atomic mass is 10.0. The zero-order valence-electron chi connectivity index (χ0n) is 19.7. The van der Waals surface area contributed by atoms with E-state index in [1.165, 1.54) is 12.0 Å². The summed E-state index contributed by atoms with van der Waals surface area (Å²) < 4.78 is 12.4. The number of hydrogen-bond donors (Lipinski definition) is 0. The van der Waals surface area contributed by atoms with Crippen LogP contribution in [-0.2, 0) is 14.3 Å². The number of rotatable bonds is 5. The van der Waals surface area contributed by atoms with E-state index in [0.29, 0.717) is 22.2 Å². The zero-order chi connectivity index (χ0) is 24.6. The minimum atomic E-state index is -0.564. The fourth-order valence-corrected chi connectivity index (χ4v) is 4.53. The third-order valence-electron chi connectivity index (χ3n) is 5.94. The number of hydrogen-bond acceptors (Lipinski definition) is 4. The summed E-state index contributed by atoms with van der Waals surface area (Å²) in [7, 11) is 2.87. The molecular weight excluding hydrogens is 452 g/mol. The lowest BCUT2D eigenvalue weighted by Gasteiger charge is -2.18. The lowest BCUT2D eigenvalue weighted by Crippen LogP contribution is -2.24. The molecule has 2 aromatic carbocycles. The molecule has 0 aliphatic carbocycles. The van der Waals surface area contributed by atoms with Crippen molar-refractivity contribution in [3.05, 3.63) is 93.4 Å². The summed E-state index contributed by atoms with van der Waals surface area (Å²) in [6.45, 7) is 5.69. The number of esters is 1. The number of halogens is 1. The monoisotopic (exact) mass is 476 g/mol. The number of benzene rings is 2. The van der Waals surface area contributed by atoms with Crippen molar-refractivity contribution >= 4 is 35.2 Å². The topological polar surface area (TPSA) is 60.8 Å². The fourth-order valence-electron chi connectivity index (χ4n) is 4.34. The molecule has 0 radical (unpaired) electrons. The van der Waals surface area contributed by atoms with Crippen LogP contribution in [-0.4, -0.2) is 30.7 Å². The Labute approximate surface area is 203 Å². The molecule has 1 aliphatic heterocycles. The number of carbonyl (C=O) groups excluding carboxylic acids is 2. The van der Waals surface area contributed by atoms with Gasteiger partial charge in [-0.1, -0.05) is 23.7 Å². The summed E-state index contributed by atoms with van der Waals surface area (Å²) >= 11 is 6.20. The third kappa shape index (κ3) is 4.01. The maximum absolute atomic E-state index is 13.6. The van der Waals surface area contributed by atoms with E-state index in [9.17, 15) is 9.59 Å². The molecule has 4 rings (SSSR count). The Balaban J connectivity index is 1.85. The van der Waals surface area contributed by atoms with Gasteiger partial charge in [0.2, 0.25) is 0 Å². The second kappa shape index (κ2) is 9.23. The lowest BCUT2D eigenvalue weighted by molar-refractivity contribution is -0.136. The standard InChI is InChI=1S/C27H25ClN2O4/c1-16-12-19(17(2)29(16)21-9-6-8-20(28)14-21)13-24-25(27(32)34-5)18(3)30(26(24)31)22-10-7-11-23(15-22)33-4/h6-15H,1-5H3/b24-13-. The van der Waals surface area contributed by atoms with E-state index in [-0.39, 0.29) is 17.1 Å². The highest BCUT2D eigenvalue weighted by molar-refractivity contribution is 6.30. The van der Waals surface area contributed by atoms with Gasteiger partial charge in [0.15, 0.2) is 0 Å². The summed E-state index contributed by atoms with van der Waals surface area (Å²) in [5, 5.41) is 0.636. The van der Waals surface area contributed by atoms with Crippen molar-refractivity contribution in [1.29, 1.82) is 0 Å². The molecule has 34 heavy (non-hydrogen) atoms. The molecule has 0 unspecified atom stereocenters. The van der Waals surface area contributed by atoms with Crippen LogP contribution in [0.25, 0.3) is 11.8 Å². The number of aryl methyl sites for hydroxylation is 1. The number of carbonyl (C=O) groups is 2. The van der Waals surface area contributed by atoms with E-state index in [1.54, 1.807) is 44.4 Å². The van der Waals surface area contributed by atoms with Crippen molar-refractivity contribution in [2.24, 2.45) is 0 Å². The van der Waals surface area contributed by atoms with Crippen molar-refractivity contribution in [3.8, 4) is 11.4 Å². The van der Waals surface area contributed by atoms with Gasteiger partial charge in [0.05, 0.1) is 31.1 Å². The average Bonchev–Trinajstić information content (AvgIpc) is 3.24. The van der Waals surface area contributed by atoms with E-state index in [0.717, 1.165) is 22.6 Å². The van der Waals surface area contributed by atoms with E-state index in [1.807, 2.05) is 44.2 Å². The normalized spacial score (nSPS) is 14.8. The quantitative estimate of drug-likeness (QED) is 0.353. The molecule has 2 heterocycles. The third-order valence-corrected chi connectivity index (χ3v) is 6.17. The first-order valence-electron chi connectivity index (χ1n) is 10.7. The molecule has 3 aromatic rings. The molecule has 0 spiro atoms. The summed E-state index contributed by atoms with van der Waals surface area (Å²) in [4.78, 5) is 27.9. The van der Waals surface area contributed by atoms with Gasteiger partial charge in [0.25, 0.3) is 5.91 Å². The maximum Gasteiger partial charge on any atom is 0.340 e. The van der Waals surface area contributed by atoms with Crippen LogP contribution in [0.3, 0.4) is 0 Å². The van der Waals surface area contributed by atoms with Crippen LogP contribution in [0.4, 0.5) is 5.69 Å². The molecule has 0 saturated heterocycles. The predicted octanol–water partition coefficient (Wildman–Crippen LogP) is 5.63. The largest absolute Gasteiger partial charge is 0.497 e. The van der Waals surface area contributed by atoms with Crippen LogP contribution in [0.5, 0.6) is 5.75 Å². The number of ether oxygens (including phenoxy) is 2. The van der Waals surface area contributed by atoms with Gasteiger partial charge < -0.3 is 14.0 Å². The first-order valence-corrected chi connectivity index (χ1v) is 11.1.